The first-order chi connectivity index (χ1) is 8.63. The van der Waals surface area contributed by atoms with Crippen LogP contribution in [0.4, 0.5) is 0 Å². The molecule has 18 heavy (non-hydrogen) atoms. The van der Waals surface area contributed by atoms with Crippen molar-refractivity contribution in [2.24, 2.45) is 17.6 Å². The van der Waals surface area contributed by atoms with Gasteiger partial charge in [-0.25, -0.2) is 0 Å². The highest BCUT2D eigenvalue weighted by Gasteiger charge is 2.31. The van der Waals surface area contributed by atoms with Crippen LogP contribution in [0.25, 0.3) is 0 Å². The number of hydrogen-bond donors (Lipinski definition) is 1. The molecule has 0 aromatic heterocycles. The Morgan fingerprint density at radius 1 is 1.39 bits per heavy atom. The van der Waals surface area contributed by atoms with E-state index >= 15 is 0 Å². The molecule has 0 radical (unpaired) electrons. The van der Waals surface area contributed by atoms with Gasteiger partial charge in [-0.15, -0.1) is 0 Å². The number of nitrogens with two attached hydrogens (primary N) is 1. The summed E-state index contributed by atoms with van der Waals surface area (Å²) in [6.45, 7) is 8.08. The van der Waals surface area contributed by atoms with E-state index in [-0.39, 0.29) is 5.92 Å². The second kappa shape index (κ2) is 7.78. The highest BCUT2D eigenvalue weighted by Crippen LogP contribution is 2.25. The lowest BCUT2D eigenvalue weighted by Gasteiger charge is -2.39. The van der Waals surface area contributed by atoms with Crippen LogP contribution in [0.3, 0.4) is 0 Å². The van der Waals surface area contributed by atoms with Crippen LogP contribution in [0.2, 0.25) is 0 Å². The predicted molar refractivity (Wildman–Crippen MR) is 76.3 cm³/mol. The van der Waals surface area contributed by atoms with Gasteiger partial charge in [0.2, 0.25) is 5.91 Å². The van der Waals surface area contributed by atoms with Crippen molar-refractivity contribution in [1.82, 2.24) is 4.90 Å². The molecular weight excluding hydrogens is 224 g/mol. The first kappa shape index (κ1) is 15.5. The van der Waals surface area contributed by atoms with Crippen LogP contribution >= 0.6 is 0 Å². The summed E-state index contributed by atoms with van der Waals surface area (Å²) in [4.78, 5) is 14.7. The van der Waals surface area contributed by atoms with Gasteiger partial charge in [-0.2, -0.15) is 0 Å². The maximum Gasteiger partial charge on any atom is 0.225 e. The highest BCUT2D eigenvalue weighted by atomic mass is 16.2. The third-order valence-electron chi connectivity index (χ3n) is 4.34. The van der Waals surface area contributed by atoms with Crippen molar-refractivity contribution in [3.63, 3.8) is 0 Å². The van der Waals surface area contributed by atoms with Gasteiger partial charge < -0.3 is 10.6 Å². The number of piperidine rings is 1. The molecule has 2 N–H and O–H groups in total. The Morgan fingerprint density at radius 3 is 2.67 bits per heavy atom. The van der Waals surface area contributed by atoms with E-state index in [4.69, 9.17) is 5.73 Å². The molecule has 0 aromatic rings. The smallest absolute Gasteiger partial charge is 0.225 e. The van der Waals surface area contributed by atoms with Gasteiger partial charge in [-0.05, 0) is 45.1 Å². The zero-order valence-electron chi connectivity index (χ0n) is 12.3. The maximum absolute atomic E-state index is 12.6. The van der Waals surface area contributed by atoms with Crippen molar-refractivity contribution in [2.75, 3.05) is 13.1 Å². The lowest BCUT2D eigenvalue weighted by Crippen LogP contribution is -2.49. The second-order valence-corrected chi connectivity index (χ2v) is 5.77. The number of amides is 1. The Bertz CT molecular complexity index is 255. The molecule has 1 saturated heterocycles. The van der Waals surface area contributed by atoms with E-state index < -0.39 is 0 Å². The van der Waals surface area contributed by atoms with E-state index in [0.29, 0.717) is 24.4 Å². The minimum absolute atomic E-state index is 0.226. The molecule has 1 amide bonds. The van der Waals surface area contributed by atoms with Crippen LogP contribution in [-0.4, -0.2) is 29.9 Å². The molecule has 0 spiro atoms. The van der Waals surface area contributed by atoms with Crippen LogP contribution < -0.4 is 5.73 Å². The van der Waals surface area contributed by atoms with Gasteiger partial charge in [0.1, 0.15) is 0 Å². The molecule has 1 heterocycles. The van der Waals surface area contributed by atoms with Crippen LogP contribution in [0.1, 0.15) is 59.3 Å². The Hall–Kier alpha value is -0.570. The topological polar surface area (TPSA) is 46.3 Å². The van der Waals surface area contributed by atoms with E-state index in [0.717, 1.165) is 32.2 Å². The third kappa shape index (κ3) is 3.98. The maximum atomic E-state index is 12.6. The van der Waals surface area contributed by atoms with Crippen LogP contribution in [-0.2, 0) is 4.79 Å². The van der Waals surface area contributed by atoms with Crippen molar-refractivity contribution < 1.29 is 4.79 Å². The number of likely N-dealkylation sites (tertiary alicyclic amines) is 1. The summed E-state index contributed by atoms with van der Waals surface area (Å²) in [5.41, 5.74) is 5.76. The monoisotopic (exact) mass is 254 g/mol. The number of carbonyl (C=O) groups is 1. The predicted octanol–water partition coefficient (Wildman–Crippen LogP) is 2.79. The molecule has 0 aliphatic carbocycles. The summed E-state index contributed by atoms with van der Waals surface area (Å²) in [5, 5.41) is 0. The standard InChI is InChI=1S/C15H30N2O/c1-4-6-7-14(5-2)15(18)17-11-13(10-16)9-8-12(17)3/h12-14H,4-11,16H2,1-3H3. The van der Waals surface area contributed by atoms with E-state index in [1.54, 1.807) is 0 Å². The first-order valence-corrected chi connectivity index (χ1v) is 7.64. The minimum Gasteiger partial charge on any atom is -0.339 e. The van der Waals surface area contributed by atoms with Crippen LogP contribution in [0.15, 0.2) is 0 Å². The van der Waals surface area contributed by atoms with Gasteiger partial charge in [-0.1, -0.05) is 26.7 Å². The van der Waals surface area contributed by atoms with E-state index in [1.165, 1.54) is 12.8 Å². The average molecular weight is 254 g/mol. The fourth-order valence-corrected chi connectivity index (χ4v) is 2.87. The lowest BCUT2D eigenvalue weighted by molar-refractivity contribution is -0.140. The zero-order chi connectivity index (χ0) is 13.5. The van der Waals surface area contributed by atoms with Crippen LogP contribution in [0.5, 0.6) is 0 Å². The van der Waals surface area contributed by atoms with Gasteiger partial charge in [0, 0.05) is 18.5 Å². The normalized spacial score (nSPS) is 26.1. The fourth-order valence-electron chi connectivity index (χ4n) is 2.87. The molecular formula is C15H30N2O. The molecule has 106 valence electrons. The molecule has 0 saturated carbocycles. The van der Waals surface area contributed by atoms with Gasteiger partial charge in [0.15, 0.2) is 0 Å². The summed E-state index contributed by atoms with van der Waals surface area (Å²) in [7, 11) is 0. The Labute approximate surface area is 112 Å². The number of hydrogen-bond acceptors (Lipinski definition) is 2. The highest BCUT2D eigenvalue weighted by molar-refractivity contribution is 5.79. The van der Waals surface area contributed by atoms with Gasteiger partial charge in [0.25, 0.3) is 0 Å². The van der Waals surface area contributed by atoms with Crippen molar-refractivity contribution in [2.45, 2.75) is 65.3 Å². The summed E-state index contributed by atoms with van der Waals surface area (Å²) in [6, 6.07) is 0.399. The third-order valence-corrected chi connectivity index (χ3v) is 4.34. The molecule has 0 aromatic carbocycles. The van der Waals surface area contributed by atoms with Gasteiger partial charge in [0.05, 0.1) is 0 Å². The second-order valence-electron chi connectivity index (χ2n) is 5.77. The van der Waals surface area contributed by atoms with Crippen molar-refractivity contribution in [1.29, 1.82) is 0 Å². The summed E-state index contributed by atoms with van der Waals surface area (Å²) < 4.78 is 0. The van der Waals surface area contributed by atoms with Crippen molar-refractivity contribution in [3.8, 4) is 0 Å². The largest absolute Gasteiger partial charge is 0.339 e. The van der Waals surface area contributed by atoms with Crippen LogP contribution in [0, 0.1) is 11.8 Å². The van der Waals surface area contributed by atoms with Crippen molar-refractivity contribution >= 4 is 5.91 Å². The Kier molecular flexibility index (Phi) is 6.69. The molecule has 3 nitrogen and oxygen atoms in total. The molecule has 1 fully saturated rings. The van der Waals surface area contributed by atoms with Gasteiger partial charge >= 0.3 is 0 Å². The minimum atomic E-state index is 0.226. The molecule has 1 aliphatic heterocycles. The molecule has 0 bridgehead atoms. The lowest BCUT2D eigenvalue weighted by atomic mass is 9.90. The molecule has 1 rings (SSSR count). The summed E-state index contributed by atoms with van der Waals surface area (Å²) in [6.07, 6.45) is 6.63. The van der Waals surface area contributed by atoms with E-state index in [2.05, 4.69) is 25.7 Å². The van der Waals surface area contributed by atoms with E-state index in [1.807, 2.05) is 0 Å². The zero-order valence-corrected chi connectivity index (χ0v) is 12.3. The number of carbonyl (C=O) groups excluding carboxylic acids is 1. The molecule has 3 unspecified atom stereocenters. The first-order valence-electron chi connectivity index (χ1n) is 7.64. The average Bonchev–Trinajstić information content (AvgIpc) is 2.40. The number of unbranched alkanes of at least 4 members (excludes halogenated alkanes) is 1. The van der Waals surface area contributed by atoms with E-state index in [9.17, 15) is 4.79 Å². The number of nitrogens with zero attached hydrogens (tertiary/aromatic N) is 1. The quantitative estimate of drug-likeness (QED) is 0.792. The summed E-state index contributed by atoms with van der Waals surface area (Å²) in [5.74, 6) is 1.11. The van der Waals surface area contributed by atoms with Gasteiger partial charge in [-0.3, -0.25) is 4.79 Å². The molecule has 1 aliphatic rings. The Balaban J connectivity index is 2.61. The number of rotatable bonds is 6. The Morgan fingerprint density at radius 2 is 2.11 bits per heavy atom. The fraction of sp³-hybridized carbons (Fsp3) is 0.933. The molecule has 3 heteroatoms. The SMILES string of the molecule is CCCCC(CC)C(=O)N1CC(CN)CCC1C. The van der Waals surface area contributed by atoms with Crippen molar-refractivity contribution in [3.05, 3.63) is 0 Å². The molecule has 3 atom stereocenters. The summed E-state index contributed by atoms with van der Waals surface area (Å²) >= 11 is 0.